The first kappa shape index (κ1) is 9.09. The molecule has 2 rings (SSSR count). The predicted octanol–water partition coefficient (Wildman–Crippen LogP) is 1.52. The first-order chi connectivity index (χ1) is 6.83. The van der Waals surface area contributed by atoms with Crippen molar-refractivity contribution in [2.45, 2.75) is 0 Å². The highest BCUT2D eigenvalue weighted by Crippen LogP contribution is 2.45. The SMILES string of the molecule is COC1=C(CO)c2cccc(OC)c21. The molecule has 74 valence electrons. The Morgan fingerprint density at radius 3 is 2.57 bits per heavy atom. The summed E-state index contributed by atoms with van der Waals surface area (Å²) in [5, 5.41) is 9.12. The molecule has 0 heterocycles. The number of fused-ring (bicyclic) bond motifs is 1. The van der Waals surface area contributed by atoms with Gasteiger partial charge in [0, 0.05) is 5.57 Å². The quantitative estimate of drug-likeness (QED) is 0.789. The van der Waals surface area contributed by atoms with E-state index in [1.807, 2.05) is 18.2 Å². The molecule has 0 aliphatic heterocycles. The van der Waals surface area contributed by atoms with E-state index in [1.165, 1.54) is 0 Å². The summed E-state index contributed by atoms with van der Waals surface area (Å²) < 4.78 is 10.4. The minimum absolute atomic E-state index is 0.00331. The molecular weight excluding hydrogens is 180 g/mol. The van der Waals surface area contributed by atoms with Gasteiger partial charge in [0.1, 0.15) is 11.5 Å². The summed E-state index contributed by atoms with van der Waals surface area (Å²) in [6, 6.07) is 5.73. The second-order valence-corrected chi connectivity index (χ2v) is 3.05. The van der Waals surface area contributed by atoms with Crippen LogP contribution in [0.25, 0.3) is 11.3 Å². The van der Waals surface area contributed by atoms with Gasteiger partial charge in [0.15, 0.2) is 0 Å². The first-order valence-electron chi connectivity index (χ1n) is 4.39. The Bertz CT molecular complexity index is 394. The predicted molar refractivity (Wildman–Crippen MR) is 53.9 cm³/mol. The smallest absolute Gasteiger partial charge is 0.136 e. The molecule has 0 atom stereocenters. The van der Waals surface area contributed by atoms with Crippen molar-refractivity contribution in [3.05, 3.63) is 29.3 Å². The van der Waals surface area contributed by atoms with Crippen LogP contribution in [0.15, 0.2) is 18.2 Å². The molecule has 1 N–H and O–H groups in total. The van der Waals surface area contributed by atoms with Crippen LogP contribution < -0.4 is 4.74 Å². The lowest BCUT2D eigenvalue weighted by Crippen LogP contribution is -2.12. The van der Waals surface area contributed by atoms with Crippen LogP contribution in [0.1, 0.15) is 11.1 Å². The monoisotopic (exact) mass is 192 g/mol. The van der Waals surface area contributed by atoms with E-state index in [0.29, 0.717) is 0 Å². The summed E-state index contributed by atoms with van der Waals surface area (Å²) in [5.74, 6) is 1.52. The second-order valence-electron chi connectivity index (χ2n) is 3.05. The number of ether oxygens (including phenoxy) is 2. The largest absolute Gasteiger partial charge is 0.496 e. The zero-order chi connectivity index (χ0) is 10.1. The number of hydrogen-bond donors (Lipinski definition) is 1. The second kappa shape index (κ2) is 3.35. The van der Waals surface area contributed by atoms with Crippen LogP contribution in [0, 0.1) is 0 Å². The van der Waals surface area contributed by atoms with Gasteiger partial charge in [-0.15, -0.1) is 0 Å². The summed E-state index contributed by atoms with van der Waals surface area (Å²) >= 11 is 0. The zero-order valence-corrected chi connectivity index (χ0v) is 8.20. The van der Waals surface area contributed by atoms with Gasteiger partial charge in [-0.3, -0.25) is 0 Å². The molecule has 1 aromatic rings. The van der Waals surface area contributed by atoms with Crippen molar-refractivity contribution < 1.29 is 14.6 Å². The molecule has 1 aliphatic carbocycles. The first-order valence-corrected chi connectivity index (χ1v) is 4.39. The zero-order valence-electron chi connectivity index (χ0n) is 8.20. The van der Waals surface area contributed by atoms with Crippen LogP contribution in [-0.4, -0.2) is 25.9 Å². The van der Waals surface area contributed by atoms with E-state index in [2.05, 4.69) is 0 Å². The van der Waals surface area contributed by atoms with Gasteiger partial charge in [0.2, 0.25) is 0 Å². The summed E-state index contributed by atoms with van der Waals surface area (Å²) in [7, 11) is 3.22. The van der Waals surface area contributed by atoms with Crippen LogP contribution in [-0.2, 0) is 4.74 Å². The Morgan fingerprint density at radius 1 is 1.21 bits per heavy atom. The lowest BCUT2D eigenvalue weighted by Gasteiger charge is -2.26. The standard InChI is InChI=1S/C11H12O3/c1-13-9-5-3-4-7-8(6-12)11(14-2)10(7)9/h3-5,12H,6H2,1-2H3. The van der Waals surface area contributed by atoms with Gasteiger partial charge in [-0.25, -0.2) is 0 Å². The lowest BCUT2D eigenvalue weighted by molar-refractivity contribution is 0.330. The van der Waals surface area contributed by atoms with Crippen molar-refractivity contribution in [1.29, 1.82) is 0 Å². The van der Waals surface area contributed by atoms with E-state index < -0.39 is 0 Å². The number of rotatable bonds is 3. The molecule has 0 spiro atoms. The highest BCUT2D eigenvalue weighted by molar-refractivity contribution is 6.03. The van der Waals surface area contributed by atoms with Gasteiger partial charge in [0.25, 0.3) is 0 Å². The van der Waals surface area contributed by atoms with Crippen molar-refractivity contribution in [3.63, 3.8) is 0 Å². The fourth-order valence-corrected chi connectivity index (χ4v) is 1.78. The molecule has 1 aliphatic rings. The maximum absolute atomic E-state index is 9.12. The molecule has 0 amide bonds. The minimum Gasteiger partial charge on any atom is -0.496 e. The third-order valence-corrected chi connectivity index (χ3v) is 2.43. The third kappa shape index (κ3) is 1.02. The van der Waals surface area contributed by atoms with E-state index in [9.17, 15) is 0 Å². The van der Waals surface area contributed by atoms with Crippen molar-refractivity contribution in [3.8, 4) is 5.75 Å². The van der Waals surface area contributed by atoms with Crippen molar-refractivity contribution in [2.24, 2.45) is 0 Å². The number of benzene rings is 1. The molecule has 0 radical (unpaired) electrons. The molecular formula is C11H12O3. The van der Waals surface area contributed by atoms with Gasteiger partial charge in [-0.2, -0.15) is 0 Å². The van der Waals surface area contributed by atoms with E-state index >= 15 is 0 Å². The Balaban J connectivity index is 2.51. The number of aliphatic hydroxyl groups is 1. The molecule has 0 saturated carbocycles. The molecule has 0 aromatic heterocycles. The topological polar surface area (TPSA) is 38.7 Å². The minimum atomic E-state index is 0.00331. The lowest BCUT2D eigenvalue weighted by atomic mass is 9.86. The Morgan fingerprint density at radius 2 is 2.00 bits per heavy atom. The summed E-state index contributed by atoms with van der Waals surface area (Å²) in [4.78, 5) is 0. The van der Waals surface area contributed by atoms with Crippen molar-refractivity contribution in [1.82, 2.24) is 0 Å². The normalized spacial score (nSPS) is 13.4. The van der Waals surface area contributed by atoms with Gasteiger partial charge in [-0.05, 0) is 11.6 Å². The molecule has 1 aromatic carbocycles. The maximum atomic E-state index is 9.12. The molecule has 0 bridgehead atoms. The summed E-state index contributed by atoms with van der Waals surface area (Å²) in [5.41, 5.74) is 2.83. The van der Waals surface area contributed by atoms with E-state index in [0.717, 1.165) is 28.2 Å². The van der Waals surface area contributed by atoms with Crippen LogP contribution in [0.4, 0.5) is 0 Å². The van der Waals surface area contributed by atoms with Crippen LogP contribution >= 0.6 is 0 Å². The third-order valence-electron chi connectivity index (χ3n) is 2.43. The average Bonchev–Trinajstić information content (AvgIpc) is 2.20. The number of aliphatic hydroxyl groups excluding tert-OH is 1. The van der Waals surface area contributed by atoms with Crippen LogP contribution in [0.2, 0.25) is 0 Å². The highest BCUT2D eigenvalue weighted by atomic mass is 16.5. The van der Waals surface area contributed by atoms with Crippen molar-refractivity contribution in [2.75, 3.05) is 20.8 Å². The highest BCUT2D eigenvalue weighted by Gasteiger charge is 2.29. The van der Waals surface area contributed by atoms with Gasteiger partial charge in [0.05, 0.1) is 26.4 Å². The van der Waals surface area contributed by atoms with E-state index in [1.54, 1.807) is 14.2 Å². The number of methoxy groups -OCH3 is 2. The summed E-state index contributed by atoms with van der Waals surface area (Å²) in [6.07, 6.45) is 0. The maximum Gasteiger partial charge on any atom is 0.136 e. The van der Waals surface area contributed by atoms with E-state index in [4.69, 9.17) is 14.6 Å². The molecule has 3 nitrogen and oxygen atoms in total. The molecule has 0 fully saturated rings. The van der Waals surface area contributed by atoms with Gasteiger partial charge < -0.3 is 14.6 Å². The van der Waals surface area contributed by atoms with E-state index in [-0.39, 0.29) is 6.61 Å². The van der Waals surface area contributed by atoms with Gasteiger partial charge >= 0.3 is 0 Å². The van der Waals surface area contributed by atoms with Crippen molar-refractivity contribution >= 4 is 11.3 Å². The van der Waals surface area contributed by atoms with Gasteiger partial charge in [-0.1, -0.05) is 12.1 Å². The Kier molecular flexibility index (Phi) is 2.17. The Hall–Kier alpha value is -1.48. The summed E-state index contributed by atoms with van der Waals surface area (Å²) in [6.45, 7) is 0.00331. The molecule has 3 heteroatoms. The fraction of sp³-hybridized carbons (Fsp3) is 0.273. The fourth-order valence-electron chi connectivity index (χ4n) is 1.78. The molecule has 0 unspecified atom stereocenters. The molecule has 0 saturated heterocycles. The Labute approximate surface area is 82.6 Å². The average molecular weight is 192 g/mol. The molecule has 14 heavy (non-hydrogen) atoms. The van der Waals surface area contributed by atoms with Crippen LogP contribution in [0.3, 0.4) is 0 Å². The van der Waals surface area contributed by atoms with Crippen LogP contribution in [0.5, 0.6) is 5.75 Å². The number of hydrogen-bond acceptors (Lipinski definition) is 3.